The monoisotopic (exact) mass is 1260 g/mol. The van der Waals surface area contributed by atoms with Crippen LogP contribution in [-0.2, 0) is 46.0 Å². The van der Waals surface area contributed by atoms with Crippen molar-refractivity contribution in [1.29, 1.82) is 0 Å². The molecule has 2 aliphatic rings. The number of nitrogens with one attached hydrogen (secondary N) is 4. The Kier molecular flexibility index (Phi) is 26.9. The summed E-state index contributed by atoms with van der Waals surface area (Å²) in [5.41, 5.74) is 2.81. The molecule has 6 N–H and O–H groups in total. The molecular formula is C58H80ClF4IN4O8Zn. The molecule has 6 unspecified atom stereocenters. The zero-order valence-corrected chi connectivity index (χ0v) is 52.7. The molecule has 19 heteroatoms. The van der Waals surface area contributed by atoms with E-state index >= 15 is 0 Å². The van der Waals surface area contributed by atoms with Gasteiger partial charge in [0.1, 0.15) is 46.0 Å². The zero-order chi connectivity index (χ0) is 58.1. The number of hydrogen-bond donors (Lipinski definition) is 6. The molecule has 0 saturated heterocycles. The van der Waals surface area contributed by atoms with E-state index < -0.39 is 70.9 Å². The van der Waals surface area contributed by atoms with Crippen LogP contribution in [0.3, 0.4) is 0 Å². The van der Waals surface area contributed by atoms with Crippen molar-refractivity contribution >= 4 is 44.5 Å². The topological polar surface area (TPSA) is 160 Å². The molecule has 0 aliphatic carbocycles. The number of amides is 2. The van der Waals surface area contributed by atoms with E-state index in [4.69, 9.17) is 28.6 Å². The molecule has 0 spiro atoms. The summed E-state index contributed by atoms with van der Waals surface area (Å²) < 4.78 is 78.3. The number of hydrogen-bond acceptors (Lipinski definition) is 10. The van der Waals surface area contributed by atoms with E-state index in [-0.39, 0.29) is 48.8 Å². The van der Waals surface area contributed by atoms with Gasteiger partial charge >= 0.3 is 39.2 Å². The molecule has 2 aliphatic heterocycles. The summed E-state index contributed by atoms with van der Waals surface area (Å²) in [5.74, 6) is -1.27. The van der Waals surface area contributed by atoms with Gasteiger partial charge in [-0.2, -0.15) is 5.41 Å². The molecule has 77 heavy (non-hydrogen) atoms. The molecule has 424 valence electrons. The molecule has 4 aromatic rings. The second kappa shape index (κ2) is 30.7. The predicted molar refractivity (Wildman–Crippen MR) is 300 cm³/mol. The van der Waals surface area contributed by atoms with Crippen LogP contribution in [-0.4, -0.2) is 84.2 Å². The summed E-state index contributed by atoms with van der Waals surface area (Å²) in [5, 5.41) is 34.1. The fourth-order valence-electron chi connectivity index (χ4n) is 8.22. The second-order valence-electron chi connectivity index (χ2n) is 23.7. The van der Waals surface area contributed by atoms with Crippen LogP contribution < -0.4 is 30.7 Å². The van der Waals surface area contributed by atoms with E-state index in [1.165, 1.54) is 29.8 Å². The van der Waals surface area contributed by atoms with Gasteiger partial charge < -0.3 is 57.4 Å². The Labute approximate surface area is 482 Å². The van der Waals surface area contributed by atoms with Crippen molar-refractivity contribution in [2.75, 3.05) is 26.3 Å². The Balaban J connectivity index is 0.000000363. The molecule has 12 nitrogen and oxygen atoms in total. The molecule has 0 radical (unpaired) electrons. The number of carbonyl (C=O) groups is 2. The van der Waals surface area contributed by atoms with Gasteiger partial charge in [0.05, 0.1) is 37.5 Å². The van der Waals surface area contributed by atoms with Crippen molar-refractivity contribution in [3.63, 3.8) is 0 Å². The third kappa shape index (κ3) is 26.8. The Morgan fingerprint density at radius 1 is 0.636 bits per heavy atom. The summed E-state index contributed by atoms with van der Waals surface area (Å²) in [4.78, 5) is 24.9. The summed E-state index contributed by atoms with van der Waals surface area (Å²) >= 11 is 3.08. The van der Waals surface area contributed by atoms with E-state index in [0.717, 1.165) is 74.9 Å². The average Bonchev–Trinajstić information content (AvgIpc) is 3.27. The Hall–Kier alpha value is -3.78. The molecule has 2 amide bonds. The number of benzene rings is 4. The normalized spacial score (nSPS) is 16.7. The number of carbonyl (C=O) groups excluding carboxylic acids is 2. The van der Waals surface area contributed by atoms with Gasteiger partial charge in [0.25, 0.3) is 0 Å². The van der Waals surface area contributed by atoms with Crippen LogP contribution in [0.5, 0.6) is 11.5 Å². The molecule has 4 aromatic carbocycles. The van der Waals surface area contributed by atoms with Crippen molar-refractivity contribution in [3.05, 3.63) is 134 Å². The van der Waals surface area contributed by atoms with Gasteiger partial charge in [0.2, 0.25) is 0 Å². The minimum atomic E-state index is -1.05. The van der Waals surface area contributed by atoms with Crippen molar-refractivity contribution in [3.8, 4) is 11.5 Å². The third-order valence-electron chi connectivity index (χ3n) is 11.1. The Morgan fingerprint density at radius 3 is 1.36 bits per heavy atom. The standard InChI is InChI=1S/C29H40F2N2O4.C24H29F2IN2O4.C5H11.ClH.Zn/c1-28(2,3)16-18-7-8-26-22(13-18)23(9-10-36-26)32-17-25(34)24(33-27(35)37-29(4,5)6)14-19-11-20(30)15-21(31)12-19;1-24(2,3)33-23(31)29-20(10-14-8-15(25)11-16(26)9-14)21(30)13-28-19-6-7-32-22-5-4-17(27)12-18(19)22;1-5(2,3)4;;/h7-8,11-13,15,23-25,32,34H,9-10,14,16-17H2,1-6H3,(H,33,35);4-5,8-9,11-12,19-21,28,30H,6-7,10,13H2,1-3H3,(H,29,31);1H2,2-4H3;1H;/q;;-1;;+2/p-1. The number of alkyl carbamates (subject to hydrolysis) is 2. The minimum absolute atomic E-state index is 0.0247. The fraction of sp³-hybridized carbons (Fsp3) is 0.534. The number of fused-ring (bicyclic) bond motifs is 2. The van der Waals surface area contributed by atoms with Gasteiger partial charge in [-0.3, -0.25) is 0 Å². The zero-order valence-electron chi connectivity index (χ0n) is 46.8. The van der Waals surface area contributed by atoms with Gasteiger partial charge in [-0.25, -0.2) is 27.2 Å². The van der Waals surface area contributed by atoms with Crippen LogP contribution in [0.15, 0.2) is 72.8 Å². The van der Waals surface area contributed by atoms with Crippen LogP contribution in [0.1, 0.15) is 136 Å². The SMILES string of the molecule is CC(C)(C)Cc1ccc2c(c1)C(NCC(O)C(Cc1cc(F)cc(F)c1)NC(=O)OC(C)(C)C)CCO2.CC(C)(C)OC(=O)NC(Cc1cc(F)cc(F)c1)C(O)CNC1CCOc2ccc(I)cc21.[CH2-]C(C)(C)C.[Cl][Zn+]. The first-order valence-electron chi connectivity index (χ1n) is 25.7. The van der Waals surface area contributed by atoms with E-state index in [2.05, 4.69) is 104 Å². The first-order valence-corrected chi connectivity index (χ1v) is 30.7. The van der Waals surface area contributed by atoms with Gasteiger partial charge in [-0.05, 0) is 154 Å². The molecule has 2 heterocycles. The summed E-state index contributed by atoms with van der Waals surface area (Å²) in [6.07, 6.45) is -1.11. The predicted octanol–water partition coefficient (Wildman–Crippen LogP) is 12.5. The maximum absolute atomic E-state index is 13.8. The molecule has 0 bridgehead atoms. The van der Waals surface area contributed by atoms with Crippen molar-refractivity contribution in [2.24, 2.45) is 10.8 Å². The number of aliphatic hydroxyl groups excluding tert-OH is 2. The van der Waals surface area contributed by atoms with E-state index in [9.17, 15) is 37.4 Å². The molecule has 6 rings (SSSR count). The first-order chi connectivity index (χ1) is 35.7. The third-order valence-corrected chi connectivity index (χ3v) is 11.8. The van der Waals surface area contributed by atoms with Gasteiger partial charge in [0, 0.05) is 64.8 Å². The molecular weight excluding hydrogens is 1180 g/mol. The van der Waals surface area contributed by atoms with E-state index in [1.807, 2.05) is 24.3 Å². The molecule has 6 atom stereocenters. The van der Waals surface area contributed by atoms with Gasteiger partial charge in [0.15, 0.2) is 0 Å². The number of ether oxygens (including phenoxy) is 4. The Bertz CT molecular complexity index is 2460. The molecule has 0 aromatic heterocycles. The van der Waals surface area contributed by atoms with Crippen LogP contribution >= 0.6 is 32.3 Å². The van der Waals surface area contributed by atoms with E-state index in [0.29, 0.717) is 24.3 Å². The van der Waals surface area contributed by atoms with Crippen molar-refractivity contribution in [2.45, 2.75) is 163 Å². The number of rotatable bonds is 15. The van der Waals surface area contributed by atoms with Crippen LogP contribution in [0.4, 0.5) is 27.2 Å². The Morgan fingerprint density at radius 2 is 1.00 bits per heavy atom. The number of aliphatic hydroxyl groups is 2. The quantitative estimate of drug-likeness (QED) is 0.0293. The summed E-state index contributed by atoms with van der Waals surface area (Å²) in [6, 6.07) is 16.7. The van der Waals surface area contributed by atoms with Crippen LogP contribution in [0, 0.1) is 44.6 Å². The summed E-state index contributed by atoms with van der Waals surface area (Å²) in [7, 11) is 4.76. The maximum atomic E-state index is 13.8. The number of halogens is 6. The first kappa shape index (κ1) is 67.5. The van der Waals surface area contributed by atoms with Crippen molar-refractivity contribution < 1.29 is 73.6 Å². The summed E-state index contributed by atoms with van der Waals surface area (Å²) in [6.45, 7) is 28.3. The van der Waals surface area contributed by atoms with Gasteiger partial charge in [-0.1, -0.05) is 53.7 Å². The fourth-order valence-corrected chi connectivity index (χ4v) is 8.73. The van der Waals surface area contributed by atoms with Crippen LogP contribution in [0.2, 0.25) is 0 Å². The van der Waals surface area contributed by atoms with E-state index in [1.54, 1.807) is 41.5 Å². The van der Waals surface area contributed by atoms with Gasteiger partial charge in [-0.15, -0.1) is 0 Å². The molecule has 0 saturated carbocycles. The van der Waals surface area contributed by atoms with Crippen molar-refractivity contribution in [1.82, 2.24) is 21.3 Å². The molecule has 0 fully saturated rings. The average molecular weight is 1270 g/mol. The van der Waals surface area contributed by atoms with Crippen LogP contribution in [0.25, 0.3) is 0 Å². The second-order valence-corrected chi connectivity index (χ2v) is 24.9.